The molecule has 0 saturated heterocycles. The van der Waals surface area contributed by atoms with Crippen molar-refractivity contribution >= 4 is 5.96 Å². The van der Waals surface area contributed by atoms with Gasteiger partial charge >= 0.3 is 0 Å². The molecule has 110 valence electrons. The zero-order valence-electron chi connectivity index (χ0n) is 12.5. The maximum Gasteiger partial charge on any atom is 0.189 e. The number of aliphatic imine (C=N–C) groups is 1. The van der Waals surface area contributed by atoms with Crippen LogP contribution in [-0.2, 0) is 6.54 Å². The molecule has 5 nitrogen and oxygen atoms in total. The summed E-state index contributed by atoms with van der Waals surface area (Å²) in [7, 11) is 0. The summed E-state index contributed by atoms with van der Waals surface area (Å²) in [6.07, 6.45) is 7.65. The molecular weight excluding hydrogens is 250 g/mol. The smallest absolute Gasteiger partial charge is 0.189 e. The second-order valence-corrected chi connectivity index (χ2v) is 5.58. The summed E-state index contributed by atoms with van der Waals surface area (Å²) in [6, 6.07) is 2.44. The molecule has 0 aliphatic heterocycles. The van der Waals surface area contributed by atoms with Crippen LogP contribution in [0.25, 0.3) is 0 Å². The predicted octanol–water partition coefficient (Wildman–Crippen LogP) is 2.22. The molecule has 1 aliphatic rings. The van der Waals surface area contributed by atoms with E-state index < -0.39 is 0 Å². The first-order valence-corrected chi connectivity index (χ1v) is 7.51. The summed E-state index contributed by atoms with van der Waals surface area (Å²) in [6.45, 7) is 4.37. The van der Waals surface area contributed by atoms with Gasteiger partial charge in [0.15, 0.2) is 5.96 Å². The summed E-state index contributed by atoms with van der Waals surface area (Å²) in [5.74, 6) is 1.32. The molecule has 1 aromatic heterocycles. The van der Waals surface area contributed by atoms with Gasteiger partial charge in [-0.25, -0.2) is 15.0 Å². The zero-order valence-corrected chi connectivity index (χ0v) is 12.5. The number of hydrogen-bond donors (Lipinski definition) is 2. The van der Waals surface area contributed by atoms with E-state index in [0.717, 1.165) is 17.2 Å². The maximum absolute atomic E-state index is 5.97. The summed E-state index contributed by atoms with van der Waals surface area (Å²) >= 11 is 0. The first-order valence-electron chi connectivity index (χ1n) is 7.51. The highest BCUT2D eigenvalue weighted by atomic mass is 15.1. The zero-order chi connectivity index (χ0) is 14.4. The minimum absolute atomic E-state index is 0.482. The Hall–Kier alpha value is -1.65. The Morgan fingerprint density at radius 2 is 1.95 bits per heavy atom. The van der Waals surface area contributed by atoms with Gasteiger partial charge in [0.1, 0.15) is 5.82 Å². The highest BCUT2D eigenvalue weighted by Gasteiger charge is 2.12. The third kappa shape index (κ3) is 4.79. The third-order valence-electron chi connectivity index (χ3n) is 3.64. The van der Waals surface area contributed by atoms with Gasteiger partial charge in [0.2, 0.25) is 0 Å². The molecule has 0 aromatic carbocycles. The normalized spacial score (nSPS) is 17.8. The number of aromatic nitrogens is 2. The van der Waals surface area contributed by atoms with Crippen LogP contribution >= 0.6 is 0 Å². The second kappa shape index (κ2) is 7.22. The molecule has 0 unspecified atom stereocenters. The number of aryl methyl sites for hydroxylation is 2. The Morgan fingerprint density at radius 1 is 1.25 bits per heavy atom. The van der Waals surface area contributed by atoms with E-state index in [2.05, 4.69) is 20.3 Å². The predicted molar refractivity (Wildman–Crippen MR) is 81.5 cm³/mol. The number of hydrogen-bond acceptors (Lipinski definition) is 3. The highest BCUT2D eigenvalue weighted by molar-refractivity contribution is 5.78. The molecule has 0 spiro atoms. The molecule has 0 atom stereocenters. The SMILES string of the molecule is Cc1cc(CN=C(N)NC2CCCCCC2)nc(C)n1. The molecule has 3 N–H and O–H groups in total. The van der Waals surface area contributed by atoms with Gasteiger partial charge in [0.05, 0.1) is 12.2 Å². The van der Waals surface area contributed by atoms with E-state index >= 15 is 0 Å². The van der Waals surface area contributed by atoms with Crippen LogP contribution in [0.2, 0.25) is 0 Å². The number of nitrogens with one attached hydrogen (secondary N) is 1. The van der Waals surface area contributed by atoms with Gasteiger partial charge in [-0.1, -0.05) is 25.7 Å². The van der Waals surface area contributed by atoms with Crippen LogP contribution in [0.3, 0.4) is 0 Å². The fourth-order valence-electron chi connectivity index (χ4n) is 2.72. The van der Waals surface area contributed by atoms with Gasteiger partial charge in [-0.2, -0.15) is 0 Å². The van der Waals surface area contributed by atoms with Crippen molar-refractivity contribution in [2.75, 3.05) is 0 Å². The van der Waals surface area contributed by atoms with Crippen LogP contribution in [-0.4, -0.2) is 22.0 Å². The molecule has 0 radical (unpaired) electrons. The fourth-order valence-corrected chi connectivity index (χ4v) is 2.72. The lowest BCUT2D eigenvalue weighted by Crippen LogP contribution is -2.39. The van der Waals surface area contributed by atoms with Crippen molar-refractivity contribution in [1.29, 1.82) is 0 Å². The van der Waals surface area contributed by atoms with Crippen molar-refractivity contribution in [2.45, 2.75) is 65.0 Å². The van der Waals surface area contributed by atoms with Crippen molar-refractivity contribution in [1.82, 2.24) is 15.3 Å². The third-order valence-corrected chi connectivity index (χ3v) is 3.64. The van der Waals surface area contributed by atoms with E-state index in [4.69, 9.17) is 5.73 Å². The molecule has 0 bridgehead atoms. The Morgan fingerprint density at radius 3 is 2.60 bits per heavy atom. The highest BCUT2D eigenvalue weighted by Crippen LogP contribution is 2.16. The lowest BCUT2D eigenvalue weighted by Gasteiger charge is -2.16. The topological polar surface area (TPSA) is 76.2 Å². The van der Waals surface area contributed by atoms with E-state index in [1.807, 2.05) is 19.9 Å². The minimum atomic E-state index is 0.482. The molecular formula is C15H25N5. The van der Waals surface area contributed by atoms with Gasteiger partial charge in [-0.3, -0.25) is 0 Å². The van der Waals surface area contributed by atoms with Crippen molar-refractivity contribution in [3.63, 3.8) is 0 Å². The second-order valence-electron chi connectivity index (χ2n) is 5.58. The number of nitrogens with zero attached hydrogens (tertiary/aromatic N) is 3. The first-order chi connectivity index (χ1) is 9.63. The van der Waals surface area contributed by atoms with Crippen LogP contribution in [0.15, 0.2) is 11.1 Å². The van der Waals surface area contributed by atoms with Gasteiger partial charge in [-0.15, -0.1) is 0 Å². The van der Waals surface area contributed by atoms with Crippen molar-refractivity contribution in [2.24, 2.45) is 10.7 Å². The van der Waals surface area contributed by atoms with Gasteiger partial charge in [0.25, 0.3) is 0 Å². The lowest BCUT2D eigenvalue weighted by atomic mass is 10.1. The average molecular weight is 275 g/mol. The number of guanidine groups is 1. The molecule has 1 fully saturated rings. The van der Waals surface area contributed by atoms with Crippen LogP contribution in [0, 0.1) is 13.8 Å². The number of nitrogens with two attached hydrogens (primary N) is 1. The van der Waals surface area contributed by atoms with E-state index in [1.54, 1.807) is 0 Å². The molecule has 1 aliphatic carbocycles. The van der Waals surface area contributed by atoms with Gasteiger partial charge in [0, 0.05) is 11.7 Å². The Kier molecular flexibility index (Phi) is 5.32. The monoisotopic (exact) mass is 275 g/mol. The fraction of sp³-hybridized carbons (Fsp3) is 0.667. The molecule has 1 heterocycles. The van der Waals surface area contributed by atoms with E-state index in [-0.39, 0.29) is 0 Å². The Balaban J connectivity index is 1.89. The molecule has 20 heavy (non-hydrogen) atoms. The standard InChI is InChI=1S/C15H25N5/c1-11-9-14(19-12(2)18-11)10-17-15(16)20-13-7-5-3-4-6-8-13/h9,13H,3-8,10H2,1-2H3,(H3,16,17,20). The largest absolute Gasteiger partial charge is 0.370 e. The van der Waals surface area contributed by atoms with Crippen LogP contribution < -0.4 is 11.1 Å². The van der Waals surface area contributed by atoms with Crippen LogP contribution in [0.5, 0.6) is 0 Å². The quantitative estimate of drug-likeness (QED) is 0.504. The summed E-state index contributed by atoms with van der Waals surface area (Å²) in [5, 5.41) is 3.34. The number of rotatable bonds is 3. The minimum Gasteiger partial charge on any atom is -0.370 e. The van der Waals surface area contributed by atoms with E-state index in [0.29, 0.717) is 18.5 Å². The summed E-state index contributed by atoms with van der Waals surface area (Å²) < 4.78 is 0. The first kappa shape index (κ1) is 14.8. The Bertz CT molecular complexity index is 441. The van der Waals surface area contributed by atoms with Gasteiger partial charge in [-0.05, 0) is 32.8 Å². The average Bonchev–Trinajstić information content (AvgIpc) is 2.64. The van der Waals surface area contributed by atoms with E-state index in [9.17, 15) is 0 Å². The van der Waals surface area contributed by atoms with Crippen LogP contribution in [0.1, 0.15) is 55.7 Å². The molecule has 5 heteroatoms. The molecule has 1 aromatic rings. The molecule has 0 amide bonds. The van der Waals surface area contributed by atoms with E-state index in [1.165, 1.54) is 38.5 Å². The van der Waals surface area contributed by atoms with Crippen LogP contribution in [0.4, 0.5) is 0 Å². The summed E-state index contributed by atoms with van der Waals surface area (Å²) in [4.78, 5) is 13.0. The van der Waals surface area contributed by atoms with Crippen molar-refractivity contribution < 1.29 is 0 Å². The summed E-state index contributed by atoms with van der Waals surface area (Å²) in [5.41, 5.74) is 7.86. The van der Waals surface area contributed by atoms with Crippen molar-refractivity contribution in [3.8, 4) is 0 Å². The Labute approximate surface area is 121 Å². The van der Waals surface area contributed by atoms with Crippen molar-refractivity contribution in [3.05, 3.63) is 23.3 Å². The molecule has 1 saturated carbocycles. The maximum atomic E-state index is 5.97. The molecule has 2 rings (SSSR count). The van der Waals surface area contributed by atoms with Gasteiger partial charge < -0.3 is 11.1 Å². The lowest BCUT2D eigenvalue weighted by molar-refractivity contribution is 0.530.